The lowest BCUT2D eigenvalue weighted by Gasteiger charge is -2.50. The molecule has 1 spiro atoms. The summed E-state index contributed by atoms with van der Waals surface area (Å²) in [6, 6.07) is 6.60. The first-order chi connectivity index (χ1) is 11.4. The van der Waals surface area contributed by atoms with E-state index in [1.54, 1.807) is 6.92 Å². The van der Waals surface area contributed by atoms with Crippen LogP contribution < -0.4 is 4.72 Å². The Bertz CT molecular complexity index is 657. The molecule has 1 aromatic rings. The van der Waals surface area contributed by atoms with E-state index in [-0.39, 0.29) is 17.2 Å². The summed E-state index contributed by atoms with van der Waals surface area (Å²) in [7, 11) is -3.12. The van der Waals surface area contributed by atoms with E-state index in [2.05, 4.69) is 9.62 Å². The van der Waals surface area contributed by atoms with Crippen molar-refractivity contribution in [3.63, 3.8) is 0 Å². The Labute approximate surface area is 143 Å². The van der Waals surface area contributed by atoms with Crippen molar-refractivity contribution < 1.29 is 17.5 Å². The minimum absolute atomic E-state index is 0.116. The highest BCUT2D eigenvalue weighted by molar-refractivity contribution is 7.89. The maximum atomic E-state index is 13.0. The second kappa shape index (κ2) is 7.07. The van der Waals surface area contributed by atoms with Crippen LogP contribution in [0.1, 0.15) is 25.3 Å². The molecule has 0 radical (unpaired) electrons. The van der Waals surface area contributed by atoms with E-state index in [0.29, 0.717) is 12.5 Å². The molecule has 0 saturated carbocycles. The second-order valence-electron chi connectivity index (χ2n) is 6.76. The summed E-state index contributed by atoms with van der Waals surface area (Å²) in [6.45, 7) is 5.37. The van der Waals surface area contributed by atoms with Crippen LogP contribution >= 0.6 is 0 Å². The zero-order chi connectivity index (χ0) is 17.2. The zero-order valence-corrected chi connectivity index (χ0v) is 14.8. The predicted octanol–water partition coefficient (Wildman–Crippen LogP) is 1.75. The number of likely N-dealkylation sites (tertiary alicyclic amines) is 1. The first kappa shape index (κ1) is 17.8. The molecule has 134 valence electrons. The quantitative estimate of drug-likeness (QED) is 0.809. The van der Waals surface area contributed by atoms with Crippen molar-refractivity contribution in [2.75, 3.05) is 32.0 Å². The molecule has 0 bridgehead atoms. The topological polar surface area (TPSA) is 58.6 Å². The summed E-state index contributed by atoms with van der Waals surface area (Å²) in [4.78, 5) is 2.29. The largest absolute Gasteiger partial charge is 0.372 e. The number of halogens is 1. The average molecular weight is 356 g/mol. The van der Waals surface area contributed by atoms with Crippen LogP contribution in [-0.2, 0) is 21.3 Å². The van der Waals surface area contributed by atoms with E-state index in [0.717, 1.165) is 44.6 Å². The molecule has 2 heterocycles. The van der Waals surface area contributed by atoms with Crippen LogP contribution in [0.5, 0.6) is 0 Å². The number of nitrogens with one attached hydrogen (secondary N) is 1. The summed E-state index contributed by atoms with van der Waals surface area (Å²) in [5, 5.41) is 0. The smallest absolute Gasteiger partial charge is 0.211 e. The van der Waals surface area contributed by atoms with Gasteiger partial charge in [0.05, 0.1) is 11.4 Å². The Balaban J connectivity index is 1.49. The highest BCUT2D eigenvalue weighted by Gasteiger charge is 2.52. The van der Waals surface area contributed by atoms with Crippen molar-refractivity contribution in [3.8, 4) is 0 Å². The summed E-state index contributed by atoms with van der Waals surface area (Å²) < 4.78 is 44.6. The first-order valence-corrected chi connectivity index (χ1v) is 10.2. The molecule has 1 atom stereocenters. The standard InChI is InChI=1S/C17H25FN2O3S/c1-2-24(21,22)19-9-7-15-8-10-23-17(15)12-20(13-17)11-14-3-5-16(18)6-4-14/h3-6,15,19H,2,7-13H2,1H3. The van der Waals surface area contributed by atoms with Gasteiger partial charge in [-0.1, -0.05) is 12.1 Å². The average Bonchev–Trinajstić information content (AvgIpc) is 2.93. The number of ether oxygens (including phenoxy) is 1. The SMILES string of the molecule is CCS(=O)(=O)NCCC1CCOC12CN(Cc1ccc(F)cc1)C2. The Morgan fingerprint density at radius 3 is 2.71 bits per heavy atom. The molecular formula is C17H25FN2O3S. The van der Waals surface area contributed by atoms with Crippen LogP contribution in [0, 0.1) is 11.7 Å². The van der Waals surface area contributed by atoms with Gasteiger partial charge in [-0.15, -0.1) is 0 Å². The lowest BCUT2D eigenvalue weighted by molar-refractivity contribution is -0.136. The van der Waals surface area contributed by atoms with Crippen LogP contribution in [0.3, 0.4) is 0 Å². The Morgan fingerprint density at radius 1 is 1.33 bits per heavy atom. The van der Waals surface area contributed by atoms with E-state index >= 15 is 0 Å². The van der Waals surface area contributed by atoms with Crippen molar-refractivity contribution in [2.24, 2.45) is 5.92 Å². The molecule has 1 aromatic carbocycles. The molecule has 2 fully saturated rings. The van der Waals surface area contributed by atoms with Gasteiger partial charge >= 0.3 is 0 Å². The third-order valence-electron chi connectivity index (χ3n) is 5.10. The third-order valence-corrected chi connectivity index (χ3v) is 6.50. The third kappa shape index (κ3) is 3.96. The van der Waals surface area contributed by atoms with Crippen molar-refractivity contribution in [2.45, 2.75) is 31.9 Å². The van der Waals surface area contributed by atoms with Crippen molar-refractivity contribution >= 4 is 10.0 Å². The molecule has 24 heavy (non-hydrogen) atoms. The molecule has 0 aromatic heterocycles. The van der Waals surface area contributed by atoms with Gasteiger partial charge in [-0.3, -0.25) is 4.90 Å². The molecular weight excluding hydrogens is 331 g/mol. The summed E-state index contributed by atoms with van der Waals surface area (Å²) >= 11 is 0. The molecule has 2 saturated heterocycles. The Morgan fingerprint density at radius 2 is 2.04 bits per heavy atom. The van der Waals surface area contributed by atoms with Crippen molar-refractivity contribution in [1.29, 1.82) is 0 Å². The van der Waals surface area contributed by atoms with Gasteiger partial charge in [0, 0.05) is 32.8 Å². The number of sulfonamides is 1. The highest BCUT2D eigenvalue weighted by atomic mass is 32.2. The van der Waals surface area contributed by atoms with E-state index in [1.807, 2.05) is 12.1 Å². The lowest BCUT2D eigenvalue weighted by atomic mass is 9.79. The first-order valence-electron chi connectivity index (χ1n) is 8.50. The van der Waals surface area contributed by atoms with Gasteiger partial charge in [0.25, 0.3) is 0 Å². The summed E-state index contributed by atoms with van der Waals surface area (Å²) in [5.41, 5.74) is 0.967. The molecule has 1 N–H and O–H groups in total. The number of hydrogen-bond acceptors (Lipinski definition) is 4. The number of benzene rings is 1. The van der Waals surface area contributed by atoms with E-state index in [1.165, 1.54) is 12.1 Å². The minimum atomic E-state index is -3.12. The Hall–Kier alpha value is -1.02. The molecule has 0 aliphatic carbocycles. The fraction of sp³-hybridized carbons (Fsp3) is 0.647. The van der Waals surface area contributed by atoms with E-state index in [4.69, 9.17) is 4.74 Å². The molecule has 0 amide bonds. The number of hydrogen-bond donors (Lipinski definition) is 1. The van der Waals surface area contributed by atoms with Crippen LogP contribution in [0.15, 0.2) is 24.3 Å². The van der Waals surface area contributed by atoms with Gasteiger partial charge in [0.2, 0.25) is 10.0 Å². The number of nitrogens with zero attached hydrogens (tertiary/aromatic N) is 1. The molecule has 5 nitrogen and oxygen atoms in total. The molecule has 2 aliphatic heterocycles. The van der Waals surface area contributed by atoms with Crippen LogP contribution in [0.25, 0.3) is 0 Å². The van der Waals surface area contributed by atoms with Gasteiger partial charge in [0.15, 0.2) is 0 Å². The highest BCUT2D eigenvalue weighted by Crippen LogP contribution is 2.42. The second-order valence-corrected chi connectivity index (χ2v) is 8.85. The minimum Gasteiger partial charge on any atom is -0.372 e. The zero-order valence-electron chi connectivity index (χ0n) is 14.0. The number of rotatable bonds is 7. The van der Waals surface area contributed by atoms with Gasteiger partial charge < -0.3 is 4.74 Å². The lowest BCUT2D eigenvalue weighted by Crippen LogP contribution is -2.64. The van der Waals surface area contributed by atoms with Crippen LogP contribution in [-0.4, -0.2) is 50.9 Å². The summed E-state index contributed by atoms with van der Waals surface area (Å²) in [6.07, 6.45) is 1.79. The maximum absolute atomic E-state index is 13.0. The van der Waals surface area contributed by atoms with E-state index in [9.17, 15) is 12.8 Å². The van der Waals surface area contributed by atoms with Crippen LogP contribution in [0.4, 0.5) is 4.39 Å². The maximum Gasteiger partial charge on any atom is 0.211 e. The fourth-order valence-electron chi connectivity index (χ4n) is 3.70. The Kier molecular flexibility index (Phi) is 5.24. The van der Waals surface area contributed by atoms with E-state index < -0.39 is 10.0 Å². The van der Waals surface area contributed by atoms with Gasteiger partial charge in [0.1, 0.15) is 5.82 Å². The fourth-order valence-corrected chi connectivity index (χ4v) is 4.34. The normalized spacial score (nSPS) is 23.5. The van der Waals surface area contributed by atoms with Gasteiger partial charge in [-0.05, 0) is 43.4 Å². The van der Waals surface area contributed by atoms with Crippen molar-refractivity contribution in [1.82, 2.24) is 9.62 Å². The van der Waals surface area contributed by atoms with Gasteiger partial charge in [-0.25, -0.2) is 17.5 Å². The summed E-state index contributed by atoms with van der Waals surface area (Å²) in [5.74, 6) is 0.291. The molecule has 1 unspecified atom stereocenters. The molecule has 7 heteroatoms. The monoisotopic (exact) mass is 356 g/mol. The molecule has 2 aliphatic rings. The van der Waals surface area contributed by atoms with Gasteiger partial charge in [-0.2, -0.15) is 0 Å². The van der Waals surface area contributed by atoms with Crippen molar-refractivity contribution in [3.05, 3.63) is 35.6 Å². The van der Waals surface area contributed by atoms with Crippen LogP contribution in [0.2, 0.25) is 0 Å². The predicted molar refractivity (Wildman–Crippen MR) is 90.5 cm³/mol. The molecule has 3 rings (SSSR count).